The lowest BCUT2D eigenvalue weighted by Crippen LogP contribution is -2.40. The molecule has 0 atom stereocenters. The van der Waals surface area contributed by atoms with Crippen LogP contribution in [0.1, 0.15) is 20.8 Å². The first-order valence-corrected chi connectivity index (χ1v) is 16.8. The molecule has 0 radical (unpaired) electrons. The van der Waals surface area contributed by atoms with Crippen LogP contribution in [0, 0.1) is 7.14 Å². The lowest BCUT2D eigenvalue weighted by Gasteiger charge is -2.26. The zero-order chi connectivity index (χ0) is 30.1. The van der Waals surface area contributed by atoms with Crippen LogP contribution in [0.2, 0.25) is 0 Å². The molecule has 0 fully saturated rings. The van der Waals surface area contributed by atoms with Gasteiger partial charge < -0.3 is 14.2 Å². The van der Waals surface area contributed by atoms with E-state index in [4.69, 9.17) is 14.2 Å². The van der Waals surface area contributed by atoms with Crippen molar-refractivity contribution in [2.75, 3.05) is 10.4 Å². The molecule has 1 N–H and O–H groups in total. The van der Waals surface area contributed by atoms with E-state index in [1.807, 2.05) is 81.4 Å². The molecule has 6 aromatic rings. The van der Waals surface area contributed by atoms with Crippen molar-refractivity contribution in [2.45, 2.75) is 26.4 Å². The number of halogens is 2. The molecule has 1 amide bonds. The first-order chi connectivity index (χ1) is 20.6. The van der Waals surface area contributed by atoms with E-state index in [0.29, 0.717) is 33.0 Å². The third-order valence-electron chi connectivity index (χ3n) is 5.91. The number of hydrazine groups is 1. The molecule has 0 saturated heterocycles. The molecule has 4 aromatic heterocycles. The Labute approximate surface area is 283 Å². The van der Waals surface area contributed by atoms with Gasteiger partial charge in [-0.1, -0.05) is 0 Å². The van der Waals surface area contributed by atoms with E-state index < -0.39 is 11.7 Å². The molecular formula is C31H24I2N4O4S2. The first-order valence-electron chi connectivity index (χ1n) is 13.0. The predicted molar refractivity (Wildman–Crippen MR) is 190 cm³/mol. The molecule has 0 spiro atoms. The number of carbonyl (C=O) groups is 1. The van der Waals surface area contributed by atoms with Crippen molar-refractivity contribution < 1.29 is 19.0 Å². The fourth-order valence-electron chi connectivity index (χ4n) is 4.05. The van der Waals surface area contributed by atoms with Crippen molar-refractivity contribution in [3.8, 4) is 23.0 Å². The Morgan fingerprint density at radius 1 is 0.767 bits per heavy atom. The highest BCUT2D eigenvalue weighted by atomic mass is 127. The number of aromatic nitrogens is 2. The first kappa shape index (κ1) is 29.8. The number of thiophene rings is 2. The maximum absolute atomic E-state index is 13.6. The summed E-state index contributed by atoms with van der Waals surface area (Å²) in [6.45, 7) is 5.51. The number of anilines is 2. The van der Waals surface area contributed by atoms with Crippen molar-refractivity contribution >= 4 is 104 Å². The van der Waals surface area contributed by atoms with Crippen LogP contribution < -0.4 is 19.9 Å². The number of pyridine rings is 2. The van der Waals surface area contributed by atoms with Gasteiger partial charge in [-0.3, -0.25) is 15.4 Å². The van der Waals surface area contributed by atoms with Crippen LogP contribution in [-0.4, -0.2) is 21.7 Å². The average molecular weight is 834 g/mol. The molecule has 0 unspecified atom stereocenters. The second kappa shape index (κ2) is 12.4. The highest BCUT2D eigenvalue weighted by Gasteiger charge is 2.27. The van der Waals surface area contributed by atoms with Gasteiger partial charge in [0.15, 0.2) is 11.5 Å². The van der Waals surface area contributed by atoms with E-state index in [9.17, 15) is 4.79 Å². The van der Waals surface area contributed by atoms with Gasteiger partial charge >= 0.3 is 6.09 Å². The minimum absolute atomic E-state index is 0.543. The molecule has 43 heavy (non-hydrogen) atoms. The van der Waals surface area contributed by atoms with Crippen molar-refractivity contribution in [1.82, 2.24) is 9.97 Å². The molecule has 12 heteroatoms. The second-order valence-corrected chi connectivity index (χ2v) is 15.0. The summed E-state index contributed by atoms with van der Waals surface area (Å²) in [6, 6.07) is 19.4. The number of fused-ring (bicyclic) bond motifs is 2. The number of rotatable bonds is 7. The van der Waals surface area contributed by atoms with Gasteiger partial charge in [-0.2, -0.15) is 5.01 Å². The Balaban J connectivity index is 1.34. The summed E-state index contributed by atoms with van der Waals surface area (Å²) in [5.74, 6) is 2.63. The van der Waals surface area contributed by atoms with Crippen LogP contribution in [0.3, 0.4) is 0 Å². The smallest absolute Gasteiger partial charge is 0.434 e. The normalized spacial score (nSPS) is 11.5. The average Bonchev–Trinajstić information content (AvgIpc) is 3.58. The molecule has 4 heterocycles. The van der Waals surface area contributed by atoms with Crippen LogP contribution in [0.5, 0.6) is 23.0 Å². The van der Waals surface area contributed by atoms with Crippen molar-refractivity contribution in [3.63, 3.8) is 0 Å². The van der Waals surface area contributed by atoms with Gasteiger partial charge in [0.2, 0.25) is 0 Å². The van der Waals surface area contributed by atoms with E-state index in [1.54, 1.807) is 24.8 Å². The van der Waals surface area contributed by atoms with E-state index in [1.165, 1.54) is 27.7 Å². The Morgan fingerprint density at radius 2 is 1.28 bits per heavy atom. The number of amides is 1. The van der Waals surface area contributed by atoms with E-state index in [-0.39, 0.29) is 0 Å². The monoisotopic (exact) mass is 834 g/mol. The maximum atomic E-state index is 13.6. The molecular weight excluding hydrogens is 810 g/mol. The molecule has 0 aliphatic rings. The Morgan fingerprint density at radius 3 is 1.81 bits per heavy atom. The summed E-state index contributed by atoms with van der Waals surface area (Å²) in [6.07, 6.45) is 6.37. The number of benzene rings is 2. The zero-order valence-electron chi connectivity index (χ0n) is 23.1. The van der Waals surface area contributed by atoms with E-state index in [0.717, 1.165) is 27.3 Å². The second-order valence-electron chi connectivity index (χ2n) is 10.3. The topological polar surface area (TPSA) is 85.8 Å². The number of carbonyl (C=O) groups excluding carboxylic acids is 1. The predicted octanol–water partition coefficient (Wildman–Crippen LogP) is 10.5. The van der Waals surface area contributed by atoms with Crippen molar-refractivity contribution in [2.24, 2.45) is 0 Å². The van der Waals surface area contributed by atoms with Crippen LogP contribution >= 0.6 is 67.9 Å². The van der Waals surface area contributed by atoms with E-state index >= 15 is 0 Å². The van der Waals surface area contributed by atoms with Crippen molar-refractivity contribution in [3.05, 3.63) is 92.6 Å². The molecule has 0 aliphatic heterocycles. The fraction of sp³-hybridized carbons (Fsp3) is 0.129. The van der Waals surface area contributed by atoms with Crippen LogP contribution in [0.4, 0.5) is 14.8 Å². The van der Waals surface area contributed by atoms with Gasteiger partial charge in [0.25, 0.3) is 0 Å². The van der Waals surface area contributed by atoms with Gasteiger partial charge in [-0.05, 0) is 127 Å². The zero-order valence-corrected chi connectivity index (χ0v) is 29.1. The summed E-state index contributed by atoms with van der Waals surface area (Å²) in [4.78, 5) is 22.3. The Kier molecular flexibility index (Phi) is 8.62. The fourth-order valence-corrected chi connectivity index (χ4v) is 6.70. The van der Waals surface area contributed by atoms with Gasteiger partial charge in [-0.15, -0.1) is 22.7 Å². The minimum Gasteiger partial charge on any atom is -0.455 e. The molecule has 0 bridgehead atoms. The Hall–Kier alpha value is -3.21. The van der Waals surface area contributed by atoms with Gasteiger partial charge in [0.1, 0.15) is 27.1 Å². The highest BCUT2D eigenvalue weighted by Crippen LogP contribution is 2.41. The van der Waals surface area contributed by atoms with Gasteiger partial charge in [0, 0.05) is 30.3 Å². The summed E-state index contributed by atoms with van der Waals surface area (Å²) < 4.78 is 22.1. The largest absolute Gasteiger partial charge is 0.455 e. The summed E-state index contributed by atoms with van der Waals surface area (Å²) >= 11 is 7.38. The summed E-state index contributed by atoms with van der Waals surface area (Å²) in [5.41, 5.74) is 2.58. The lowest BCUT2D eigenvalue weighted by molar-refractivity contribution is 0.0590. The van der Waals surface area contributed by atoms with E-state index in [2.05, 4.69) is 60.6 Å². The number of nitrogens with zero attached hydrogens (tertiary/aromatic N) is 3. The number of hydrogen-bond acceptors (Lipinski definition) is 9. The van der Waals surface area contributed by atoms with Gasteiger partial charge in [0.05, 0.1) is 21.8 Å². The quantitative estimate of drug-likeness (QED) is 0.127. The number of ether oxygens (including phenoxy) is 3. The molecule has 0 aliphatic carbocycles. The van der Waals surface area contributed by atoms with Crippen molar-refractivity contribution in [1.29, 1.82) is 0 Å². The third-order valence-corrected chi connectivity index (χ3v) is 9.38. The summed E-state index contributed by atoms with van der Waals surface area (Å²) in [5, 5.41) is 4.46. The van der Waals surface area contributed by atoms with Crippen LogP contribution in [0.15, 0.2) is 85.5 Å². The molecule has 8 nitrogen and oxygen atoms in total. The highest BCUT2D eigenvalue weighted by molar-refractivity contribution is 14.1. The summed E-state index contributed by atoms with van der Waals surface area (Å²) in [7, 11) is 0. The van der Waals surface area contributed by atoms with Gasteiger partial charge in [-0.25, -0.2) is 4.79 Å². The molecule has 6 rings (SSSR count). The third kappa shape index (κ3) is 7.13. The Bertz CT molecular complexity index is 1920. The molecule has 0 saturated carbocycles. The molecule has 218 valence electrons. The number of nitrogens with one attached hydrogen (secondary N) is 1. The number of hydrogen-bond donors (Lipinski definition) is 1. The SMILES string of the molecule is CC(C)(C)OC(=O)N(Nc1cc2c(Oc3ccc(I)cc3)cncc2s1)c1cc2c(Oc3ccc(I)cc3)cncc2s1. The van der Waals surface area contributed by atoms with Crippen LogP contribution in [-0.2, 0) is 4.74 Å². The van der Waals surface area contributed by atoms with Crippen LogP contribution in [0.25, 0.3) is 20.2 Å². The molecule has 2 aromatic carbocycles. The lowest BCUT2D eigenvalue weighted by atomic mass is 10.2. The minimum atomic E-state index is -0.701. The maximum Gasteiger partial charge on any atom is 0.434 e. The standard InChI is InChI=1S/C31H24I2N4O4S2/c1-31(2,3)41-30(38)37(29-13-23-25(15-35-17-27(23)43-29)40-21-10-6-19(33)7-11-21)36-28-12-22-24(14-34-16-26(22)42-28)39-20-8-4-18(32)5-9-20/h4-17,36H,1-3H3.